The standard InChI is InChI=1S/C11H10N/c1-2-9-7-8-12-11-6-4-3-5-10(9)11/h2-8H,1H3. The summed E-state index contributed by atoms with van der Waals surface area (Å²) in [6.45, 7) is 2.04. The Morgan fingerprint density at radius 2 is 2.00 bits per heavy atom. The Morgan fingerprint density at radius 3 is 2.83 bits per heavy atom. The predicted molar refractivity (Wildman–Crippen MR) is 50.8 cm³/mol. The minimum Gasteiger partial charge on any atom is -0.256 e. The first-order chi connectivity index (χ1) is 5.92. The van der Waals surface area contributed by atoms with Crippen LogP contribution in [0.1, 0.15) is 12.5 Å². The second kappa shape index (κ2) is 2.94. The maximum absolute atomic E-state index is 4.27. The molecule has 0 unspecified atom stereocenters. The molecule has 12 heavy (non-hydrogen) atoms. The lowest BCUT2D eigenvalue weighted by Gasteiger charge is -2.00. The lowest BCUT2D eigenvalue weighted by molar-refractivity contribution is 1.36. The van der Waals surface area contributed by atoms with Gasteiger partial charge in [-0.05, 0) is 24.1 Å². The molecule has 0 bridgehead atoms. The molecule has 0 spiro atoms. The second-order valence-electron chi connectivity index (χ2n) is 2.71. The summed E-state index contributed by atoms with van der Waals surface area (Å²) < 4.78 is 0. The van der Waals surface area contributed by atoms with Gasteiger partial charge in [-0.2, -0.15) is 0 Å². The van der Waals surface area contributed by atoms with Crippen molar-refractivity contribution in [2.75, 3.05) is 0 Å². The number of para-hydroxylation sites is 1. The predicted octanol–water partition coefficient (Wildman–Crippen LogP) is 2.81. The third kappa shape index (κ3) is 1.07. The van der Waals surface area contributed by atoms with Crippen LogP contribution in [0.5, 0.6) is 0 Å². The van der Waals surface area contributed by atoms with E-state index in [9.17, 15) is 0 Å². The lowest BCUT2D eigenvalue weighted by atomic mass is 10.1. The van der Waals surface area contributed by atoms with Crippen LogP contribution in [0.15, 0.2) is 36.5 Å². The van der Waals surface area contributed by atoms with E-state index in [4.69, 9.17) is 0 Å². The van der Waals surface area contributed by atoms with Crippen LogP contribution < -0.4 is 0 Å². The summed E-state index contributed by atoms with van der Waals surface area (Å²) in [4.78, 5) is 4.27. The van der Waals surface area contributed by atoms with Crippen molar-refractivity contribution >= 4 is 10.9 Å². The Hall–Kier alpha value is -1.37. The van der Waals surface area contributed by atoms with Crippen LogP contribution >= 0.6 is 0 Å². The summed E-state index contributed by atoms with van der Waals surface area (Å²) in [5, 5.41) is 1.22. The molecular formula is C11H10N. The van der Waals surface area contributed by atoms with Crippen molar-refractivity contribution in [2.45, 2.75) is 6.92 Å². The molecule has 0 fully saturated rings. The molecule has 2 aromatic rings. The molecule has 0 N–H and O–H groups in total. The molecule has 0 saturated carbocycles. The van der Waals surface area contributed by atoms with Gasteiger partial charge in [0.15, 0.2) is 0 Å². The molecule has 0 atom stereocenters. The van der Waals surface area contributed by atoms with Crippen LogP contribution in [0.3, 0.4) is 0 Å². The molecule has 1 nitrogen and oxygen atoms in total. The third-order valence-electron chi connectivity index (χ3n) is 1.99. The Morgan fingerprint density at radius 1 is 1.17 bits per heavy atom. The van der Waals surface area contributed by atoms with Crippen molar-refractivity contribution < 1.29 is 0 Å². The largest absolute Gasteiger partial charge is 0.256 e. The number of nitrogens with zero attached hydrogens (tertiary/aromatic N) is 1. The fourth-order valence-corrected chi connectivity index (χ4v) is 1.37. The zero-order chi connectivity index (χ0) is 8.39. The number of aromatic nitrogens is 1. The van der Waals surface area contributed by atoms with E-state index in [2.05, 4.69) is 17.5 Å². The second-order valence-corrected chi connectivity index (χ2v) is 2.71. The molecule has 1 radical (unpaired) electrons. The highest BCUT2D eigenvalue weighted by atomic mass is 14.6. The van der Waals surface area contributed by atoms with Crippen LogP contribution in [0.2, 0.25) is 0 Å². The van der Waals surface area contributed by atoms with E-state index in [1.807, 2.05) is 37.4 Å². The van der Waals surface area contributed by atoms with Gasteiger partial charge < -0.3 is 0 Å². The molecule has 0 saturated heterocycles. The van der Waals surface area contributed by atoms with E-state index in [0.29, 0.717) is 0 Å². The minimum atomic E-state index is 1.06. The monoisotopic (exact) mass is 156 g/mol. The zero-order valence-electron chi connectivity index (χ0n) is 6.99. The third-order valence-corrected chi connectivity index (χ3v) is 1.99. The van der Waals surface area contributed by atoms with Crippen LogP contribution in [0.4, 0.5) is 0 Å². The van der Waals surface area contributed by atoms with Gasteiger partial charge in [-0.25, -0.2) is 0 Å². The van der Waals surface area contributed by atoms with Gasteiger partial charge in [0.1, 0.15) is 0 Å². The summed E-state index contributed by atoms with van der Waals surface area (Å²) in [6, 6.07) is 10.2. The molecule has 1 heterocycles. The Labute approximate surface area is 72.1 Å². The topological polar surface area (TPSA) is 12.9 Å². The molecule has 0 amide bonds. The molecule has 2 rings (SSSR count). The fourth-order valence-electron chi connectivity index (χ4n) is 1.37. The van der Waals surface area contributed by atoms with Crippen LogP contribution in [-0.2, 0) is 0 Å². The molecule has 1 aromatic carbocycles. The van der Waals surface area contributed by atoms with Crippen LogP contribution in [0.25, 0.3) is 10.9 Å². The lowest BCUT2D eigenvalue weighted by Crippen LogP contribution is -1.83. The minimum absolute atomic E-state index is 1.06. The van der Waals surface area contributed by atoms with Crippen molar-refractivity contribution in [3.8, 4) is 0 Å². The first-order valence-corrected chi connectivity index (χ1v) is 4.05. The van der Waals surface area contributed by atoms with Gasteiger partial charge in [0.25, 0.3) is 0 Å². The van der Waals surface area contributed by atoms with E-state index < -0.39 is 0 Å². The van der Waals surface area contributed by atoms with Gasteiger partial charge in [0, 0.05) is 11.6 Å². The molecule has 59 valence electrons. The van der Waals surface area contributed by atoms with Crippen molar-refractivity contribution in [1.29, 1.82) is 0 Å². The average molecular weight is 156 g/mol. The average Bonchev–Trinajstić information content (AvgIpc) is 2.17. The highest BCUT2D eigenvalue weighted by Crippen LogP contribution is 2.16. The van der Waals surface area contributed by atoms with Gasteiger partial charge >= 0.3 is 0 Å². The number of fused-ring (bicyclic) bond motifs is 1. The zero-order valence-corrected chi connectivity index (χ0v) is 6.99. The van der Waals surface area contributed by atoms with E-state index in [-0.39, 0.29) is 0 Å². The maximum atomic E-state index is 4.27. The molecule has 1 aromatic heterocycles. The normalized spacial score (nSPS) is 10.4. The maximum Gasteiger partial charge on any atom is 0.0704 e. The smallest absolute Gasteiger partial charge is 0.0704 e. The number of pyridine rings is 1. The highest BCUT2D eigenvalue weighted by molar-refractivity contribution is 5.82. The summed E-state index contributed by atoms with van der Waals surface area (Å²) in [5.74, 6) is 0. The summed E-state index contributed by atoms with van der Waals surface area (Å²) >= 11 is 0. The SMILES string of the molecule is C[CH]c1ccnc2ccccc12. The van der Waals surface area contributed by atoms with Gasteiger partial charge in [-0.1, -0.05) is 25.1 Å². The summed E-state index contributed by atoms with van der Waals surface area (Å²) in [7, 11) is 0. The molecule has 1 heteroatoms. The summed E-state index contributed by atoms with van der Waals surface area (Å²) in [5.41, 5.74) is 2.31. The van der Waals surface area contributed by atoms with Crippen LogP contribution in [0, 0.1) is 6.42 Å². The Balaban J connectivity index is 2.79. The number of rotatable bonds is 1. The van der Waals surface area contributed by atoms with Gasteiger partial charge in [0.2, 0.25) is 0 Å². The fraction of sp³-hybridized carbons (Fsp3) is 0.0909. The van der Waals surface area contributed by atoms with E-state index in [1.54, 1.807) is 0 Å². The van der Waals surface area contributed by atoms with E-state index >= 15 is 0 Å². The Kier molecular flexibility index (Phi) is 1.78. The van der Waals surface area contributed by atoms with Gasteiger partial charge in [-0.3, -0.25) is 4.98 Å². The Bertz CT molecular complexity index is 388. The van der Waals surface area contributed by atoms with Crippen LogP contribution in [-0.4, -0.2) is 4.98 Å². The quantitative estimate of drug-likeness (QED) is 0.618. The van der Waals surface area contributed by atoms with Gasteiger partial charge in [-0.15, -0.1) is 0 Å². The van der Waals surface area contributed by atoms with E-state index in [1.165, 1.54) is 10.9 Å². The van der Waals surface area contributed by atoms with Crippen molar-refractivity contribution in [3.63, 3.8) is 0 Å². The van der Waals surface area contributed by atoms with Gasteiger partial charge in [0.05, 0.1) is 5.52 Å². The number of hydrogen-bond donors (Lipinski definition) is 0. The summed E-state index contributed by atoms with van der Waals surface area (Å²) in [6.07, 6.45) is 3.95. The van der Waals surface area contributed by atoms with Crippen molar-refractivity contribution in [1.82, 2.24) is 4.98 Å². The van der Waals surface area contributed by atoms with E-state index in [0.717, 1.165) is 5.52 Å². The molecular weight excluding hydrogens is 146 g/mol. The first-order valence-electron chi connectivity index (χ1n) is 4.05. The number of benzene rings is 1. The molecule has 0 aliphatic heterocycles. The number of hydrogen-bond acceptors (Lipinski definition) is 1. The molecule has 0 aliphatic rings. The van der Waals surface area contributed by atoms with Crippen molar-refractivity contribution in [3.05, 3.63) is 48.5 Å². The first kappa shape index (κ1) is 7.29. The highest BCUT2D eigenvalue weighted by Gasteiger charge is 1.97. The molecule has 0 aliphatic carbocycles. The van der Waals surface area contributed by atoms with Crippen molar-refractivity contribution in [2.24, 2.45) is 0 Å².